The van der Waals surface area contributed by atoms with E-state index in [9.17, 15) is 9.59 Å². The van der Waals surface area contributed by atoms with Crippen molar-refractivity contribution in [3.8, 4) is 0 Å². The van der Waals surface area contributed by atoms with E-state index >= 15 is 0 Å². The lowest BCUT2D eigenvalue weighted by molar-refractivity contribution is -0.116. The lowest BCUT2D eigenvalue weighted by Gasteiger charge is -2.11. The molecule has 5 nitrogen and oxygen atoms in total. The predicted molar refractivity (Wildman–Crippen MR) is 90.9 cm³/mol. The largest absolute Gasteiger partial charge is 0.396 e. The van der Waals surface area contributed by atoms with E-state index in [1.54, 1.807) is 18.2 Å². The van der Waals surface area contributed by atoms with E-state index in [2.05, 4.69) is 10.6 Å². The van der Waals surface area contributed by atoms with Gasteiger partial charge in [-0.05, 0) is 43.9 Å². The third-order valence-corrected chi connectivity index (χ3v) is 3.34. The van der Waals surface area contributed by atoms with Crippen molar-refractivity contribution in [3.63, 3.8) is 0 Å². The quantitative estimate of drug-likeness (QED) is 0.642. The number of hydrogen-bond donors (Lipinski definition) is 3. The normalized spacial score (nSPS) is 11.5. The van der Waals surface area contributed by atoms with Crippen LogP contribution in [-0.2, 0) is 11.3 Å². The topological polar surface area (TPSA) is 78.4 Å². The Kier molecular flexibility index (Phi) is 8.05. The van der Waals surface area contributed by atoms with Crippen LogP contribution in [0.4, 0.5) is 0 Å². The van der Waals surface area contributed by atoms with Gasteiger partial charge in [-0.2, -0.15) is 0 Å². The molecular weight excluding hydrogens is 292 g/mol. The molecule has 0 fully saturated rings. The fraction of sp³-hybridized carbons (Fsp3) is 0.444. The number of benzene rings is 1. The molecule has 0 radical (unpaired) electrons. The molecule has 0 saturated carbocycles. The molecule has 0 spiro atoms. The molecule has 0 aliphatic carbocycles. The number of allylic oxidation sites excluding steroid dienone is 1. The molecule has 0 aliphatic rings. The number of aliphatic hydroxyl groups is 1. The van der Waals surface area contributed by atoms with Gasteiger partial charge in [-0.25, -0.2) is 0 Å². The van der Waals surface area contributed by atoms with E-state index in [4.69, 9.17) is 5.11 Å². The van der Waals surface area contributed by atoms with E-state index in [0.717, 1.165) is 11.1 Å². The summed E-state index contributed by atoms with van der Waals surface area (Å²) in [4.78, 5) is 23.5. The lowest BCUT2D eigenvalue weighted by atomic mass is 10.1. The summed E-state index contributed by atoms with van der Waals surface area (Å²) in [6.45, 7) is 6.82. The maximum absolute atomic E-state index is 12.0. The molecule has 3 N–H and O–H groups in total. The molecule has 0 aliphatic heterocycles. The number of hydrogen-bond acceptors (Lipinski definition) is 3. The monoisotopic (exact) mass is 318 g/mol. The highest BCUT2D eigenvalue weighted by atomic mass is 16.3. The summed E-state index contributed by atoms with van der Waals surface area (Å²) in [6.07, 6.45) is 2.22. The molecular formula is C18H26N2O3. The van der Waals surface area contributed by atoms with Crippen molar-refractivity contribution in [1.82, 2.24) is 10.6 Å². The first-order valence-corrected chi connectivity index (χ1v) is 7.83. The number of rotatable bonds is 8. The Morgan fingerprint density at radius 2 is 1.83 bits per heavy atom. The van der Waals surface area contributed by atoms with E-state index in [0.29, 0.717) is 25.1 Å². The van der Waals surface area contributed by atoms with Gasteiger partial charge in [-0.15, -0.1) is 0 Å². The van der Waals surface area contributed by atoms with Gasteiger partial charge < -0.3 is 15.7 Å². The average Bonchev–Trinajstić information content (AvgIpc) is 2.51. The van der Waals surface area contributed by atoms with Crippen molar-refractivity contribution in [2.24, 2.45) is 5.92 Å². The van der Waals surface area contributed by atoms with E-state index in [1.165, 1.54) is 0 Å². The highest BCUT2D eigenvalue weighted by Gasteiger charge is 2.08. The average molecular weight is 318 g/mol. The third-order valence-electron chi connectivity index (χ3n) is 3.34. The zero-order valence-corrected chi connectivity index (χ0v) is 14.1. The van der Waals surface area contributed by atoms with Crippen molar-refractivity contribution in [2.45, 2.75) is 33.7 Å². The van der Waals surface area contributed by atoms with E-state index in [1.807, 2.05) is 32.9 Å². The Morgan fingerprint density at radius 3 is 2.39 bits per heavy atom. The molecule has 0 bridgehead atoms. The van der Waals surface area contributed by atoms with Gasteiger partial charge in [0, 0.05) is 31.3 Å². The van der Waals surface area contributed by atoms with Crippen molar-refractivity contribution >= 4 is 11.8 Å². The Bertz CT molecular complexity index is 546. The van der Waals surface area contributed by atoms with Crippen LogP contribution in [0, 0.1) is 5.92 Å². The molecule has 5 heteroatoms. The first-order valence-electron chi connectivity index (χ1n) is 7.83. The second kappa shape index (κ2) is 9.79. The molecule has 126 valence electrons. The van der Waals surface area contributed by atoms with Crippen LogP contribution in [0.3, 0.4) is 0 Å². The first kappa shape index (κ1) is 18.9. The summed E-state index contributed by atoms with van der Waals surface area (Å²) in [6, 6.07) is 7.15. The van der Waals surface area contributed by atoms with Crippen LogP contribution < -0.4 is 10.6 Å². The van der Waals surface area contributed by atoms with E-state index in [-0.39, 0.29) is 24.3 Å². The maximum atomic E-state index is 12.0. The van der Waals surface area contributed by atoms with Gasteiger partial charge in [-0.1, -0.05) is 24.6 Å². The highest BCUT2D eigenvalue weighted by molar-refractivity contribution is 5.94. The molecule has 1 aromatic rings. The van der Waals surface area contributed by atoms with Gasteiger partial charge >= 0.3 is 0 Å². The molecule has 1 atom stereocenters. The third kappa shape index (κ3) is 7.61. The van der Waals surface area contributed by atoms with Crippen molar-refractivity contribution < 1.29 is 14.7 Å². The van der Waals surface area contributed by atoms with Crippen LogP contribution >= 0.6 is 0 Å². The minimum Gasteiger partial charge on any atom is -0.396 e. The predicted octanol–water partition coefficient (Wildman–Crippen LogP) is 2.02. The van der Waals surface area contributed by atoms with Gasteiger partial charge in [0.1, 0.15) is 0 Å². The molecule has 23 heavy (non-hydrogen) atoms. The Labute approximate surface area is 137 Å². The standard InChI is InChI=1S/C18H26N2O3/c1-13(2)10-17(22)19-12-15-4-6-16(7-5-15)18(23)20-11-14(3)8-9-21/h4-7,10,14,21H,8-9,11-12H2,1-3H3,(H,19,22)(H,20,23). The second-order valence-corrected chi connectivity index (χ2v) is 5.96. The molecule has 2 amide bonds. The van der Waals surface area contributed by atoms with Crippen LogP contribution in [0.1, 0.15) is 43.1 Å². The molecule has 0 aromatic heterocycles. The number of nitrogens with one attached hydrogen (secondary N) is 2. The molecule has 0 heterocycles. The maximum Gasteiger partial charge on any atom is 0.251 e. The van der Waals surface area contributed by atoms with Crippen LogP contribution in [0.2, 0.25) is 0 Å². The van der Waals surface area contributed by atoms with Gasteiger partial charge in [0.2, 0.25) is 5.91 Å². The molecule has 0 saturated heterocycles. The van der Waals surface area contributed by atoms with Gasteiger partial charge in [0.25, 0.3) is 5.91 Å². The number of amides is 2. The highest BCUT2D eigenvalue weighted by Crippen LogP contribution is 2.05. The van der Waals surface area contributed by atoms with Gasteiger partial charge in [0.15, 0.2) is 0 Å². The van der Waals surface area contributed by atoms with Crippen molar-refractivity contribution in [3.05, 3.63) is 47.0 Å². The summed E-state index contributed by atoms with van der Waals surface area (Å²) in [7, 11) is 0. The fourth-order valence-electron chi connectivity index (χ4n) is 1.97. The SMILES string of the molecule is CC(C)=CC(=O)NCc1ccc(C(=O)NCC(C)CCO)cc1. The van der Waals surface area contributed by atoms with E-state index < -0.39 is 0 Å². The Balaban J connectivity index is 2.48. The summed E-state index contributed by atoms with van der Waals surface area (Å²) in [5.41, 5.74) is 2.47. The minimum absolute atomic E-state index is 0.121. The second-order valence-electron chi connectivity index (χ2n) is 5.96. The van der Waals surface area contributed by atoms with Crippen LogP contribution in [0.15, 0.2) is 35.9 Å². The Hall–Kier alpha value is -2.14. The summed E-state index contributed by atoms with van der Waals surface area (Å²) in [5.74, 6) is -0.00637. The van der Waals surface area contributed by atoms with Crippen molar-refractivity contribution in [2.75, 3.05) is 13.2 Å². The fourth-order valence-corrected chi connectivity index (χ4v) is 1.97. The summed E-state index contributed by atoms with van der Waals surface area (Å²) >= 11 is 0. The number of carbonyl (C=O) groups is 2. The van der Waals surface area contributed by atoms with Gasteiger partial charge in [-0.3, -0.25) is 9.59 Å². The lowest BCUT2D eigenvalue weighted by Crippen LogP contribution is -2.28. The minimum atomic E-state index is -0.130. The molecule has 1 unspecified atom stereocenters. The number of aliphatic hydroxyl groups excluding tert-OH is 1. The zero-order chi connectivity index (χ0) is 17.2. The first-order chi connectivity index (χ1) is 10.9. The van der Waals surface area contributed by atoms with Crippen LogP contribution in [-0.4, -0.2) is 30.1 Å². The van der Waals surface area contributed by atoms with Gasteiger partial charge in [0.05, 0.1) is 0 Å². The molecule has 1 rings (SSSR count). The molecule has 1 aromatic carbocycles. The Morgan fingerprint density at radius 1 is 1.17 bits per heavy atom. The summed E-state index contributed by atoms with van der Waals surface area (Å²) < 4.78 is 0. The smallest absolute Gasteiger partial charge is 0.251 e. The van der Waals surface area contributed by atoms with Crippen LogP contribution in [0.25, 0.3) is 0 Å². The van der Waals surface area contributed by atoms with Crippen molar-refractivity contribution in [1.29, 1.82) is 0 Å². The summed E-state index contributed by atoms with van der Waals surface area (Å²) in [5, 5.41) is 14.5. The number of carbonyl (C=O) groups excluding carboxylic acids is 2. The van der Waals surface area contributed by atoms with Crippen LogP contribution in [0.5, 0.6) is 0 Å². The zero-order valence-electron chi connectivity index (χ0n) is 14.1.